The number of carbonyl (C=O) groups is 1. The van der Waals surface area contributed by atoms with E-state index in [1.807, 2.05) is 6.07 Å². The van der Waals surface area contributed by atoms with Gasteiger partial charge in [-0.15, -0.1) is 0 Å². The van der Waals surface area contributed by atoms with Gasteiger partial charge in [0.25, 0.3) is 0 Å². The molecule has 1 amide bonds. The highest BCUT2D eigenvalue weighted by Crippen LogP contribution is 2.18. The maximum absolute atomic E-state index is 11.4. The first kappa shape index (κ1) is 17.0. The van der Waals surface area contributed by atoms with Crippen LogP contribution in [0, 0.1) is 11.3 Å². The maximum Gasteiger partial charge on any atom is 0.221 e. The number of hydrogen-bond acceptors (Lipinski definition) is 5. The first-order chi connectivity index (χ1) is 10.2. The molecule has 0 aliphatic heterocycles. The Hall–Kier alpha value is -2.10. The molecule has 0 aromatic heterocycles. The lowest BCUT2D eigenvalue weighted by Gasteiger charge is -2.08. The second-order valence-corrected chi connectivity index (χ2v) is 4.42. The maximum atomic E-state index is 11.4. The van der Waals surface area contributed by atoms with Gasteiger partial charge in [-0.3, -0.25) is 4.79 Å². The molecule has 0 bridgehead atoms. The van der Waals surface area contributed by atoms with Crippen molar-refractivity contribution in [2.75, 3.05) is 33.9 Å². The van der Waals surface area contributed by atoms with E-state index >= 15 is 0 Å². The summed E-state index contributed by atoms with van der Waals surface area (Å²) in [5.74, 6) is 0.561. The van der Waals surface area contributed by atoms with E-state index in [4.69, 9.17) is 14.7 Å². The van der Waals surface area contributed by atoms with Crippen LogP contribution in [0.4, 0.5) is 0 Å². The minimum atomic E-state index is -0.00741. The molecule has 0 saturated carbocycles. The third-order valence-electron chi connectivity index (χ3n) is 2.87. The number of hydrogen-bond donors (Lipinski definition) is 2. The molecule has 0 aliphatic rings. The van der Waals surface area contributed by atoms with Gasteiger partial charge in [-0.1, -0.05) is 6.07 Å². The van der Waals surface area contributed by atoms with Gasteiger partial charge in [0, 0.05) is 33.2 Å². The average Bonchev–Trinajstić information content (AvgIpc) is 2.51. The van der Waals surface area contributed by atoms with Gasteiger partial charge < -0.3 is 20.1 Å². The van der Waals surface area contributed by atoms with Crippen LogP contribution in [0.5, 0.6) is 5.75 Å². The summed E-state index contributed by atoms with van der Waals surface area (Å²) in [7, 11) is 3.13. The van der Waals surface area contributed by atoms with Gasteiger partial charge in [0.1, 0.15) is 11.8 Å². The fraction of sp³-hybridized carbons (Fsp3) is 0.467. The first-order valence-electron chi connectivity index (χ1n) is 6.74. The number of ether oxygens (including phenoxy) is 2. The highest BCUT2D eigenvalue weighted by Gasteiger charge is 2.04. The van der Waals surface area contributed by atoms with Crippen molar-refractivity contribution in [3.63, 3.8) is 0 Å². The standard InChI is InChI=1S/C15H21N3O3/c1-20-8-7-18-15(19)5-6-17-11-12-3-4-14(21-2)13(9-12)10-16/h3-4,9,17H,5-8,11H2,1-2H3,(H,18,19). The lowest BCUT2D eigenvalue weighted by Crippen LogP contribution is -2.29. The van der Waals surface area contributed by atoms with E-state index in [1.54, 1.807) is 19.2 Å². The molecule has 2 N–H and O–H groups in total. The van der Waals surface area contributed by atoms with Crippen molar-refractivity contribution >= 4 is 5.91 Å². The molecule has 1 aromatic carbocycles. The van der Waals surface area contributed by atoms with E-state index in [0.29, 0.717) is 44.0 Å². The number of nitriles is 1. The molecule has 21 heavy (non-hydrogen) atoms. The Bertz CT molecular complexity index is 497. The lowest BCUT2D eigenvalue weighted by molar-refractivity contribution is -0.121. The first-order valence-corrected chi connectivity index (χ1v) is 6.74. The molecule has 0 heterocycles. The van der Waals surface area contributed by atoms with Crippen molar-refractivity contribution in [1.82, 2.24) is 10.6 Å². The molecule has 0 fully saturated rings. The molecule has 0 saturated heterocycles. The number of carbonyl (C=O) groups excluding carboxylic acids is 1. The van der Waals surface area contributed by atoms with Crippen molar-refractivity contribution in [3.8, 4) is 11.8 Å². The van der Waals surface area contributed by atoms with Gasteiger partial charge in [0.05, 0.1) is 19.3 Å². The molecule has 114 valence electrons. The third-order valence-corrected chi connectivity index (χ3v) is 2.87. The highest BCUT2D eigenvalue weighted by molar-refractivity contribution is 5.76. The average molecular weight is 291 g/mol. The topological polar surface area (TPSA) is 83.4 Å². The molecule has 0 atom stereocenters. The lowest BCUT2D eigenvalue weighted by atomic mass is 10.1. The van der Waals surface area contributed by atoms with Gasteiger partial charge >= 0.3 is 0 Å². The van der Waals surface area contributed by atoms with E-state index in [-0.39, 0.29) is 5.91 Å². The quantitative estimate of drug-likeness (QED) is 0.658. The van der Waals surface area contributed by atoms with E-state index in [0.717, 1.165) is 5.56 Å². The van der Waals surface area contributed by atoms with Gasteiger partial charge in [-0.05, 0) is 17.7 Å². The van der Waals surface area contributed by atoms with Crippen LogP contribution in [0.2, 0.25) is 0 Å². The molecule has 1 rings (SSSR count). The fourth-order valence-corrected chi connectivity index (χ4v) is 1.77. The summed E-state index contributed by atoms with van der Waals surface area (Å²) >= 11 is 0. The Kier molecular flexibility index (Phi) is 7.87. The second-order valence-electron chi connectivity index (χ2n) is 4.42. The van der Waals surface area contributed by atoms with Crippen LogP contribution >= 0.6 is 0 Å². The monoisotopic (exact) mass is 291 g/mol. The predicted molar refractivity (Wildman–Crippen MR) is 78.9 cm³/mol. The van der Waals surface area contributed by atoms with Crippen LogP contribution in [0.15, 0.2) is 18.2 Å². The summed E-state index contributed by atoms with van der Waals surface area (Å²) in [6.07, 6.45) is 0.408. The zero-order valence-electron chi connectivity index (χ0n) is 12.4. The van der Waals surface area contributed by atoms with Crippen LogP contribution in [0.3, 0.4) is 0 Å². The van der Waals surface area contributed by atoms with Crippen molar-refractivity contribution in [1.29, 1.82) is 5.26 Å². The molecule has 0 unspecified atom stereocenters. The highest BCUT2D eigenvalue weighted by atomic mass is 16.5. The Morgan fingerprint density at radius 3 is 2.81 bits per heavy atom. The SMILES string of the molecule is COCCNC(=O)CCNCc1ccc(OC)c(C#N)c1. The van der Waals surface area contributed by atoms with Crippen LogP contribution in [0.1, 0.15) is 17.5 Å². The zero-order chi connectivity index (χ0) is 15.5. The minimum absolute atomic E-state index is 0.00741. The second kappa shape index (κ2) is 9.75. The molecular formula is C15H21N3O3. The molecule has 6 nitrogen and oxygen atoms in total. The molecule has 0 aliphatic carbocycles. The smallest absolute Gasteiger partial charge is 0.221 e. The fourth-order valence-electron chi connectivity index (χ4n) is 1.77. The number of nitrogens with zero attached hydrogens (tertiary/aromatic N) is 1. The molecule has 0 spiro atoms. The number of methoxy groups -OCH3 is 2. The summed E-state index contributed by atoms with van der Waals surface area (Å²) < 4.78 is 9.94. The number of nitrogens with one attached hydrogen (secondary N) is 2. The zero-order valence-corrected chi connectivity index (χ0v) is 12.4. The van der Waals surface area contributed by atoms with Gasteiger partial charge in [0.2, 0.25) is 5.91 Å². The van der Waals surface area contributed by atoms with Crippen LogP contribution in [-0.4, -0.2) is 39.8 Å². The van der Waals surface area contributed by atoms with Crippen molar-refractivity contribution in [2.24, 2.45) is 0 Å². The summed E-state index contributed by atoms with van der Waals surface area (Å²) in [6, 6.07) is 7.54. The van der Waals surface area contributed by atoms with E-state index in [9.17, 15) is 4.79 Å². The Morgan fingerprint density at radius 1 is 1.33 bits per heavy atom. The number of rotatable bonds is 9. The summed E-state index contributed by atoms with van der Waals surface area (Å²) in [5, 5.41) is 14.9. The number of amides is 1. The molecule has 1 aromatic rings. The number of benzene rings is 1. The van der Waals surface area contributed by atoms with Crippen LogP contribution < -0.4 is 15.4 Å². The third kappa shape index (κ3) is 6.25. The Morgan fingerprint density at radius 2 is 2.14 bits per heavy atom. The normalized spacial score (nSPS) is 9.95. The van der Waals surface area contributed by atoms with E-state index < -0.39 is 0 Å². The predicted octanol–water partition coefficient (Wildman–Crippen LogP) is 0.809. The summed E-state index contributed by atoms with van der Waals surface area (Å²) in [6.45, 7) is 2.22. The van der Waals surface area contributed by atoms with Crippen molar-refractivity contribution < 1.29 is 14.3 Å². The van der Waals surface area contributed by atoms with Gasteiger partial charge in [-0.2, -0.15) is 5.26 Å². The largest absolute Gasteiger partial charge is 0.495 e. The van der Waals surface area contributed by atoms with E-state index in [2.05, 4.69) is 16.7 Å². The van der Waals surface area contributed by atoms with Gasteiger partial charge in [0.15, 0.2) is 0 Å². The molecule has 0 radical (unpaired) electrons. The summed E-state index contributed by atoms with van der Waals surface area (Å²) in [4.78, 5) is 11.4. The Labute approximate surface area is 125 Å². The van der Waals surface area contributed by atoms with Crippen LogP contribution in [-0.2, 0) is 16.1 Å². The van der Waals surface area contributed by atoms with Gasteiger partial charge in [-0.25, -0.2) is 0 Å². The van der Waals surface area contributed by atoms with E-state index in [1.165, 1.54) is 7.11 Å². The minimum Gasteiger partial charge on any atom is -0.495 e. The molecule has 6 heteroatoms. The van der Waals surface area contributed by atoms with Crippen LogP contribution in [0.25, 0.3) is 0 Å². The Balaban J connectivity index is 2.30. The summed E-state index contributed by atoms with van der Waals surface area (Å²) in [5.41, 5.74) is 1.49. The van der Waals surface area contributed by atoms with Crippen molar-refractivity contribution in [3.05, 3.63) is 29.3 Å². The van der Waals surface area contributed by atoms with Crippen molar-refractivity contribution in [2.45, 2.75) is 13.0 Å². The molecular weight excluding hydrogens is 270 g/mol.